The Bertz CT molecular complexity index is 1080. The van der Waals surface area contributed by atoms with E-state index in [1.807, 2.05) is 24.3 Å². The Morgan fingerprint density at radius 3 is 2.37 bits per heavy atom. The lowest BCUT2D eigenvalue weighted by Crippen LogP contribution is -2.06. The molecule has 3 aromatic rings. The summed E-state index contributed by atoms with van der Waals surface area (Å²) in [5, 5.41) is 3.08. The molecule has 2 aromatic carbocycles. The normalized spacial score (nSPS) is 11.5. The molecule has 10 heteroatoms. The van der Waals surface area contributed by atoms with Gasteiger partial charge in [-0.05, 0) is 41.8 Å². The Balaban J connectivity index is 1.62. The molecular formula is C20H19F2N3O4S. The molecule has 0 radical (unpaired) electrons. The zero-order valence-electron chi connectivity index (χ0n) is 16.0. The average Bonchev–Trinajstić information content (AvgIpc) is 2.68. The molecule has 0 fully saturated rings. The maximum atomic E-state index is 12.2. The van der Waals surface area contributed by atoms with Crippen molar-refractivity contribution in [2.24, 2.45) is 0 Å². The predicted octanol–water partition coefficient (Wildman–Crippen LogP) is 4.01. The second-order valence-corrected chi connectivity index (χ2v) is 7.94. The van der Waals surface area contributed by atoms with Crippen molar-refractivity contribution in [2.75, 3.05) is 18.2 Å². The second kappa shape index (κ2) is 9.59. The highest BCUT2D eigenvalue weighted by Crippen LogP contribution is 2.23. The van der Waals surface area contributed by atoms with E-state index >= 15 is 0 Å². The van der Waals surface area contributed by atoms with Gasteiger partial charge < -0.3 is 10.1 Å². The van der Waals surface area contributed by atoms with Gasteiger partial charge in [0.15, 0.2) is 0 Å². The third-order valence-corrected chi connectivity index (χ3v) is 4.53. The topological polar surface area (TPSA) is 90.4 Å². The molecule has 0 unspecified atom stereocenters. The Hall–Kier alpha value is -3.11. The van der Waals surface area contributed by atoms with E-state index in [2.05, 4.69) is 20.0 Å². The van der Waals surface area contributed by atoms with Gasteiger partial charge in [0.25, 0.3) is 10.1 Å². The molecule has 0 amide bonds. The highest BCUT2D eigenvalue weighted by Gasteiger charge is 2.06. The maximum absolute atomic E-state index is 12.2. The fourth-order valence-corrected chi connectivity index (χ4v) is 3.00. The second-order valence-electron chi connectivity index (χ2n) is 6.30. The summed E-state index contributed by atoms with van der Waals surface area (Å²) >= 11 is 0. The molecule has 3 rings (SSSR count). The summed E-state index contributed by atoms with van der Waals surface area (Å²) in [6, 6.07) is 13.6. The van der Waals surface area contributed by atoms with Crippen molar-refractivity contribution in [1.29, 1.82) is 0 Å². The first-order valence-corrected chi connectivity index (χ1v) is 10.7. The molecule has 0 spiro atoms. The SMILES string of the molecule is CS(=O)(=O)OCCc1cccc(Nc2ncc(-c3ccc(OC(F)F)cc3)cn2)c1. The number of nitrogens with one attached hydrogen (secondary N) is 1. The molecule has 0 bridgehead atoms. The van der Waals surface area contributed by atoms with Crippen LogP contribution in [0.15, 0.2) is 60.9 Å². The number of halogens is 2. The highest BCUT2D eigenvalue weighted by molar-refractivity contribution is 7.85. The fourth-order valence-electron chi connectivity index (χ4n) is 2.62. The van der Waals surface area contributed by atoms with E-state index in [-0.39, 0.29) is 12.4 Å². The number of ether oxygens (including phenoxy) is 1. The molecule has 1 N–H and O–H groups in total. The molecule has 7 nitrogen and oxygen atoms in total. The van der Waals surface area contributed by atoms with Crippen LogP contribution in [0, 0.1) is 0 Å². The number of nitrogens with zero attached hydrogens (tertiary/aromatic N) is 2. The van der Waals surface area contributed by atoms with Crippen LogP contribution in [0.2, 0.25) is 0 Å². The van der Waals surface area contributed by atoms with Crippen LogP contribution in [-0.4, -0.2) is 37.9 Å². The van der Waals surface area contributed by atoms with E-state index in [1.54, 1.807) is 24.5 Å². The number of rotatable bonds is 9. The number of aromatic nitrogens is 2. The standard InChI is InChI=1S/C20H19F2N3O4S/c1-30(26,27)28-10-9-14-3-2-4-17(11-14)25-20-23-12-16(13-24-20)15-5-7-18(8-6-15)29-19(21)22/h2-8,11-13,19H,9-10H2,1H3,(H,23,24,25). The van der Waals surface area contributed by atoms with E-state index in [0.29, 0.717) is 12.4 Å². The molecular weight excluding hydrogens is 416 g/mol. The van der Waals surface area contributed by atoms with Crippen LogP contribution in [0.5, 0.6) is 5.75 Å². The molecule has 30 heavy (non-hydrogen) atoms. The van der Waals surface area contributed by atoms with Crippen molar-refractivity contribution < 1.29 is 26.1 Å². The Morgan fingerprint density at radius 2 is 1.73 bits per heavy atom. The minimum Gasteiger partial charge on any atom is -0.435 e. The van der Waals surface area contributed by atoms with Gasteiger partial charge in [0.05, 0.1) is 12.9 Å². The Kier molecular flexibility index (Phi) is 6.91. The van der Waals surface area contributed by atoms with Crippen LogP contribution in [-0.2, 0) is 20.7 Å². The lowest BCUT2D eigenvalue weighted by Gasteiger charge is -2.09. The van der Waals surface area contributed by atoms with Gasteiger partial charge in [-0.15, -0.1) is 0 Å². The van der Waals surface area contributed by atoms with Crippen LogP contribution in [0.4, 0.5) is 20.4 Å². The van der Waals surface area contributed by atoms with Crippen molar-refractivity contribution in [1.82, 2.24) is 9.97 Å². The summed E-state index contributed by atoms with van der Waals surface area (Å²) in [6.07, 6.45) is 4.68. The Labute approximate surface area is 172 Å². The number of hydrogen-bond acceptors (Lipinski definition) is 7. The van der Waals surface area contributed by atoms with Crippen molar-refractivity contribution in [3.8, 4) is 16.9 Å². The summed E-state index contributed by atoms with van der Waals surface area (Å²) in [5.74, 6) is 0.454. The monoisotopic (exact) mass is 435 g/mol. The van der Waals surface area contributed by atoms with Crippen molar-refractivity contribution >= 4 is 21.8 Å². The Morgan fingerprint density at radius 1 is 1.03 bits per heavy atom. The van der Waals surface area contributed by atoms with Gasteiger partial charge in [0.1, 0.15) is 5.75 Å². The summed E-state index contributed by atoms with van der Waals surface area (Å²) in [6.45, 7) is -2.80. The number of alkyl halides is 2. The van der Waals surface area contributed by atoms with Crippen molar-refractivity contribution in [3.05, 3.63) is 66.5 Å². The molecule has 1 heterocycles. The summed E-state index contributed by atoms with van der Waals surface area (Å²) < 4.78 is 55.6. The third-order valence-electron chi connectivity index (χ3n) is 3.94. The fraction of sp³-hybridized carbons (Fsp3) is 0.200. The lowest BCUT2D eigenvalue weighted by atomic mass is 10.1. The first-order valence-electron chi connectivity index (χ1n) is 8.86. The zero-order chi connectivity index (χ0) is 21.6. The molecule has 158 valence electrons. The minimum absolute atomic E-state index is 0.0641. The predicted molar refractivity (Wildman–Crippen MR) is 108 cm³/mol. The van der Waals surface area contributed by atoms with E-state index in [4.69, 9.17) is 4.18 Å². The lowest BCUT2D eigenvalue weighted by molar-refractivity contribution is -0.0498. The van der Waals surface area contributed by atoms with Gasteiger partial charge >= 0.3 is 6.61 Å². The highest BCUT2D eigenvalue weighted by atomic mass is 32.2. The summed E-state index contributed by atoms with van der Waals surface area (Å²) in [4.78, 5) is 8.54. The van der Waals surface area contributed by atoms with Crippen LogP contribution in [0.3, 0.4) is 0 Å². The smallest absolute Gasteiger partial charge is 0.387 e. The van der Waals surface area contributed by atoms with Gasteiger partial charge in [-0.1, -0.05) is 24.3 Å². The molecule has 0 aliphatic heterocycles. The van der Waals surface area contributed by atoms with E-state index in [9.17, 15) is 17.2 Å². The van der Waals surface area contributed by atoms with Crippen LogP contribution in [0.25, 0.3) is 11.1 Å². The van der Waals surface area contributed by atoms with E-state index in [1.165, 1.54) is 12.1 Å². The summed E-state index contributed by atoms with van der Waals surface area (Å²) in [7, 11) is -3.46. The first-order chi connectivity index (χ1) is 14.3. The largest absolute Gasteiger partial charge is 0.435 e. The molecule has 1 aromatic heterocycles. The van der Waals surface area contributed by atoms with Gasteiger partial charge in [-0.2, -0.15) is 17.2 Å². The van der Waals surface area contributed by atoms with Gasteiger partial charge in [-0.25, -0.2) is 9.97 Å². The van der Waals surface area contributed by atoms with Crippen molar-refractivity contribution in [2.45, 2.75) is 13.0 Å². The van der Waals surface area contributed by atoms with Crippen LogP contribution in [0.1, 0.15) is 5.56 Å². The molecule has 0 aliphatic carbocycles. The van der Waals surface area contributed by atoms with Crippen LogP contribution >= 0.6 is 0 Å². The maximum Gasteiger partial charge on any atom is 0.387 e. The average molecular weight is 435 g/mol. The molecule has 0 aliphatic rings. The zero-order valence-corrected chi connectivity index (χ0v) is 16.8. The van der Waals surface area contributed by atoms with Gasteiger partial charge in [-0.3, -0.25) is 4.18 Å². The number of anilines is 2. The first kappa shape index (κ1) is 21.6. The van der Waals surface area contributed by atoms with Crippen molar-refractivity contribution in [3.63, 3.8) is 0 Å². The quantitative estimate of drug-likeness (QED) is 0.508. The number of benzene rings is 2. The third kappa shape index (κ3) is 6.75. The molecule has 0 atom stereocenters. The molecule has 0 saturated carbocycles. The summed E-state index contributed by atoms with van der Waals surface area (Å²) in [5.41, 5.74) is 3.12. The van der Waals surface area contributed by atoms with E-state index < -0.39 is 16.7 Å². The van der Waals surface area contributed by atoms with Crippen LogP contribution < -0.4 is 10.1 Å². The van der Waals surface area contributed by atoms with E-state index in [0.717, 1.165) is 28.6 Å². The molecule has 0 saturated heterocycles. The minimum atomic E-state index is -3.46. The number of hydrogen-bond donors (Lipinski definition) is 1. The van der Waals surface area contributed by atoms with Gasteiger partial charge in [0.2, 0.25) is 5.95 Å². The van der Waals surface area contributed by atoms with Gasteiger partial charge in [0, 0.05) is 23.6 Å².